The smallest absolute Gasteiger partial charge is 0.0534 e. The third-order valence-electron chi connectivity index (χ3n) is 3.57. The van der Waals surface area contributed by atoms with Crippen LogP contribution in [-0.4, -0.2) is 25.8 Å². The second-order valence-corrected chi connectivity index (χ2v) is 5.22. The van der Waals surface area contributed by atoms with Gasteiger partial charge < -0.3 is 10.1 Å². The van der Waals surface area contributed by atoms with Crippen molar-refractivity contribution in [2.75, 3.05) is 19.8 Å². The summed E-state index contributed by atoms with van der Waals surface area (Å²) in [5.41, 5.74) is 0.401. The summed E-state index contributed by atoms with van der Waals surface area (Å²) in [4.78, 5) is 0. The molecule has 0 aliphatic heterocycles. The van der Waals surface area contributed by atoms with Crippen LogP contribution in [-0.2, 0) is 4.74 Å². The van der Waals surface area contributed by atoms with Crippen molar-refractivity contribution in [2.24, 2.45) is 11.3 Å². The van der Waals surface area contributed by atoms with Gasteiger partial charge in [-0.25, -0.2) is 0 Å². The topological polar surface area (TPSA) is 21.3 Å². The predicted octanol–water partition coefficient (Wildman–Crippen LogP) is 2.19. The van der Waals surface area contributed by atoms with Crippen LogP contribution in [0, 0.1) is 11.3 Å². The van der Waals surface area contributed by atoms with Crippen LogP contribution in [0.2, 0.25) is 0 Å². The number of hydrogen-bond acceptors (Lipinski definition) is 2. The molecule has 2 nitrogen and oxygen atoms in total. The Morgan fingerprint density at radius 1 is 1.29 bits per heavy atom. The highest BCUT2D eigenvalue weighted by molar-refractivity contribution is 4.94. The highest BCUT2D eigenvalue weighted by Gasteiger charge is 2.42. The maximum absolute atomic E-state index is 5.61. The van der Waals surface area contributed by atoms with Crippen molar-refractivity contribution in [3.63, 3.8) is 0 Å². The maximum Gasteiger partial charge on any atom is 0.0534 e. The lowest BCUT2D eigenvalue weighted by molar-refractivity contribution is 0.0470. The first-order valence-corrected chi connectivity index (χ1v) is 6.06. The summed E-state index contributed by atoms with van der Waals surface area (Å²) in [5.74, 6) is 0.917. The van der Waals surface area contributed by atoms with Crippen LogP contribution in [0.4, 0.5) is 0 Å². The zero-order valence-corrected chi connectivity index (χ0v) is 9.51. The second-order valence-electron chi connectivity index (χ2n) is 5.22. The highest BCUT2D eigenvalue weighted by atomic mass is 16.5. The van der Waals surface area contributed by atoms with Gasteiger partial charge >= 0.3 is 0 Å². The molecule has 1 N–H and O–H groups in total. The van der Waals surface area contributed by atoms with E-state index in [0.29, 0.717) is 5.41 Å². The first kappa shape index (κ1) is 10.4. The summed E-state index contributed by atoms with van der Waals surface area (Å²) >= 11 is 0. The van der Waals surface area contributed by atoms with Crippen molar-refractivity contribution >= 4 is 0 Å². The lowest BCUT2D eigenvalue weighted by atomic mass is 9.85. The molecule has 0 heterocycles. The maximum atomic E-state index is 5.61. The lowest BCUT2D eigenvalue weighted by Gasteiger charge is -2.29. The molecule has 1 unspecified atom stereocenters. The van der Waals surface area contributed by atoms with E-state index in [-0.39, 0.29) is 0 Å². The van der Waals surface area contributed by atoms with Gasteiger partial charge in [0.1, 0.15) is 0 Å². The highest BCUT2D eigenvalue weighted by Crippen LogP contribution is 2.45. The fourth-order valence-corrected chi connectivity index (χ4v) is 2.09. The Balaban J connectivity index is 1.77. The average Bonchev–Trinajstić information content (AvgIpc) is 3.05. The minimum Gasteiger partial charge on any atom is -0.381 e. The Morgan fingerprint density at radius 3 is 2.50 bits per heavy atom. The molecule has 2 rings (SSSR count). The second kappa shape index (κ2) is 4.19. The van der Waals surface area contributed by atoms with Gasteiger partial charge in [0.05, 0.1) is 6.61 Å². The fourth-order valence-electron chi connectivity index (χ4n) is 2.09. The van der Waals surface area contributed by atoms with Gasteiger partial charge in [0.15, 0.2) is 0 Å². The fraction of sp³-hybridized carbons (Fsp3) is 1.00. The third kappa shape index (κ3) is 2.71. The Kier molecular flexibility index (Phi) is 3.13. The Hall–Kier alpha value is -0.0800. The van der Waals surface area contributed by atoms with E-state index in [2.05, 4.69) is 19.2 Å². The molecule has 0 aromatic heterocycles. The first-order valence-electron chi connectivity index (χ1n) is 6.06. The summed E-state index contributed by atoms with van der Waals surface area (Å²) in [7, 11) is 0. The van der Waals surface area contributed by atoms with Crippen LogP contribution < -0.4 is 5.32 Å². The molecule has 2 aliphatic rings. The Bertz CT molecular complexity index is 187. The zero-order valence-electron chi connectivity index (χ0n) is 9.51. The molecular weight excluding hydrogens is 174 g/mol. The molecule has 0 spiro atoms. The third-order valence-corrected chi connectivity index (χ3v) is 3.57. The molecule has 82 valence electrons. The number of rotatable bonds is 7. The van der Waals surface area contributed by atoms with Crippen LogP contribution in [0.25, 0.3) is 0 Å². The minimum atomic E-state index is 0.401. The van der Waals surface area contributed by atoms with E-state index in [1.807, 2.05) is 0 Å². The Labute approximate surface area is 87.4 Å². The van der Waals surface area contributed by atoms with Gasteiger partial charge in [-0.2, -0.15) is 0 Å². The summed E-state index contributed by atoms with van der Waals surface area (Å²) < 4.78 is 5.61. The molecule has 0 radical (unpaired) electrons. The molecular formula is C12H23NO. The summed E-state index contributed by atoms with van der Waals surface area (Å²) in [6, 6.07) is 0.828. The summed E-state index contributed by atoms with van der Waals surface area (Å²) in [6.07, 6.45) is 5.59. The van der Waals surface area contributed by atoms with E-state index in [1.54, 1.807) is 0 Å². The number of hydrogen-bond donors (Lipinski definition) is 1. The van der Waals surface area contributed by atoms with E-state index in [1.165, 1.54) is 25.7 Å². The summed E-state index contributed by atoms with van der Waals surface area (Å²) in [6.45, 7) is 7.42. The van der Waals surface area contributed by atoms with E-state index in [9.17, 15) is 0 Å². The normalized spacial score (nSPS) is 26.1. The molecule has 0 aromatic rings. The van der Waals surface area contributed by atoms with Crippen molar-refractivity contribution in [1.82, 2.24) is 5.32 Å². The van der Waals surface area contributed by atoms with Crippen LogP contribution in [0.1, 0.15) is 39.5 Å². The molecule has 2 heteroatoms. The largest absolute Gasteiger partial charge is 0.381 e. The van der Waals surface area contributed by atoms with Crippen molar-refractivity contribution in [1.29, 1.82) is 0 Å². The zero-order chi connectivity index (χ0) is 10.0. The van der Waals surface area contributed by atoms with Gasteiger partial charge in [0.25, 0.3) is 0 Å². The molecule has 0 aromatic carbocycles. The molecule has 2 saturated carbocycles. The molecule has 0 saturated heterocycles. The van der Waals surface area contributed by atoms with Gasteiger partial charge in [0, 0.05) is 24.6 Å². The number of ether oxygens (including phenoxy) is 1. The average molecular weight is 197 g/mol. The number of nitrogens with one attached hydrogen (secondary N) is 1. The molecule has 1 atom stereocenters. The van der Waals surface area contributed by atoms with Crippen LogP contribution in [0.3, 0.4) is 0 Å². The standard InChI is InChI=1S/C12H23NO/c1-3-14-9-12(2,10-4-5-10)8-13-11-6-7-11/h10-11,13H,3-9H2,1-2H3. The molecule has 2 aliphatic carbocycles. The van der Waals surface area contributed by atoms with Crippen LogP contribution >= 0.6 is 0 Å². The van der Waals surface area contributed by atoms with Gasteiger partial charge in [0.2, 0.25) is 0 Å². The van der Waals surface area contributed by atoms with Crippen molar-refractivity contribution in [3.05, 3.63) is 0 Å². The van der Waals surface area contributed by atoms with E-state index in [4.69, 9.17) is 4.74 Å². The summed E-state index contributed by atoms with van der Waals surface area (Å²) in [5, 5.41) is 3.65. The molecule has 14 heavy (non-hydrogen) atoms. The SMILES string of the molecule is CCOCC(C)(CNC1CC1)C1CC1. The first-order chi connectivity index (χ1) is 6.74. The lowest BCUT2D eigenvalue weighted by Crippen LogP contribution is -2.38. The monoisotopic (exact) mass is 197 g/mol. The van der Waals surface area contributed by atoms with Crippen molar-refractivity contribution < 1.29 is 4.74 Å². The van der Waals surface area contributed by atoms with Gasteiger partial charge in [-0.15, -0.1) is 0 Å². The molecule has 0 amide bonds. The molecule has 0 bridgehead atoms. The predicted molar refractivity (Wildman–Crippen MR) is 58.3 cm³/mol. The Morgan fingerprint density at radius 2 is 2.00 bits per heavy atom. The van der Waals surface area contributed by atoms with Crippen LogP contribution in [0.15, 0.2) is 0 Å². The van der Waals surface area contributed by atoms with E-state index >= 15 is 0 Å². The quantitative estimate of drug-likeness (QED) is 0.675. The van der Waals surface area contributed by atoms with E-state index in [0.717, 1.165) is 31.7 Å². The van der Waals surface area contributed by atoms with Crippen LogP contribution in [0.5, 0.6) is 0 Å². The van der Waals surface area contributed by atoms with Crippen molar-refractivity contribution in [2.45, 2.75) is 45.6 Å². The molecule has 2 fully saturated rings. The van der Waals surface area contributed by atoms with Gasteiger partial charge in [-0.3, -0.25) is 0 Å². The van der Waals surface area contributed by atoms with Gasteiger partial charge in [-0.05, 0) is 38.5 Å². The van der Waals surface area contributed by atoms with Gasteiger partial charge in [-0.1, -0.05) is 6.92 Å². The van der Waals surface area contributed by atoms with E-state index < -0.39 is 0 Å². The minimum absolute atomic E-state index is 0.401. The van der Waals surface area contributed by atoms with Crippen molar-refractivity contribution in [3.8, 4) is 0 Å².